The summed E-state index contributed by atoms with van der Waals surface area (Å²) in [5.41, 5.74) is -0.689. The van der Waals surface area contributed by atoms with Gasteiger partial charge in [-0.15, -0.1) is 11.8 Å². The van der Waals surface area contributed by atoms with Crippen LogP contribution in [0.2, 0.25) is 0 Å². The van der Waals surface area contributed by atoms with Gasteiger partial charge in [-0.2, -0.15) is 13.2 Å². The van der Waals surface area contributed by atoms with E-state index in [1.54, 1.807) is 19.1 Å². The zero-order chi connectivity index (χ0) is 22.2. The molecule has 2 amide bonds. The van der Waals surface area contributed by atoms with Gasteiger partial charge in [-0.3, -0.25) is 14.5 Å². The molecule has 1 N–H and O–H groups in total. The lowest BCUT2D eigenvalue weighted by molar-refractivity contribution is -0.137. The number of hydrogen-bond donors (Lipinski definition) is 1. The second kappa shape index (κ2) is 8.33. The molecule has 2 heterocycles. The Labute approximate surface area is 180 Å². The van der Waals surface area contributed by atoms with Crippen molar-refractivity contribution in [1.82, 2.24) is 0 Å². The Morgan fingerprint density at radius 3 is 2.61 bits per heavy atom. The van der Waals surface area contributed by atoms with Gasteiger partial charge < -0.3 is 14.8 Å². The lowest BCUT2D eigenvalue weighted by Crippen LogP contribution is -2.45. The van der Waals surface area contributed by atoms with Crippen LogP contribution in [0, 0.1) is 0 Å². The lowest BCUT2D eigenvalue weighted by atomic mass is 10.1. The maximum Gasteiger partial charge on any atom is 0.416 e. The maximum absolute atomic E-state index is 13.1. The summed E-state index contributed by atoms with van der Waals surface area (Å²) < 4.78 is 50.3. The number of thioether (sulfide) groups is 1. The molecule has 2 aromatic rings. The van der Waals surface area contributed by atoms with E-state index in [1.807, 2.05) is 6.07 Å². The molecular formula is C21H19F3N2O4S. The van der Waals surface area contributed by atoms with E-state index in [4.69, 9.17) is 9.47 Å². The van der Waals surface area contributed by atoms with Crippen molar-refractivity contribution in [2.24, 2.45) is 0 Å². The number of nitrogens with one attached hydrogen (secondary N) is 1. The number of nitrogens with zero attached hydrogens (tertiary/aromatic N) is 1. The smallest absolute Gasteiger partial charge is 0.416 e. The zero-order valence-corrected chi connectivity index (χ0v) is 17.3. The first-order valence-corrected chi connectivity index (χ1v) is 10.5. The van der Waals surface area contributed by atoms with Gasteiger partial charge in [0.2, 0.25) is 11.8 Å². The van der Waals surface area contributed by atoms with Gasteiger partial charge in [0.05, 0.1) is 35.4 Å². The predicted octanol–water partition coefficient (Wildman–Crippen LogP) is 4.33. The minimum absolute atomic E-state index is 0.0350. The van der Waals surface area contributed by atoms with Crippen LogP contribution in [0.25, 0.3) is 0 Å². The molecule has 31 heavy (non-hydrogen) atoms. The van der Waals surface area contributed by atoms with Gasteiger partial charge in [0.15, 0.2) is 11.5 Å². The molecule has 164 valence electrons. The topological polar surface area (TPSA) is 67.9 Å². The van der Waals surface area contributed by atoms with E-state index in [0.29, 0.717) is 24.7 Å². The molecule has 0 saturated heterocycles. The second-order valence-corrected chi connectivity index (χ2v) is 8.54. The Morgan fingerprint density at radius 1 is 1.13 bits per heavy atom. The van der Waals surface area contributed by atoms with Crippen LogP contribution >= 0.6 is 11.8 Å². The molecule has 0 spiro atoms. The molecule has 2 aliphatic heterocycles. The Balaban J connectivity index is 1.54. The highest BCUT2D eigenvalue weighted by Crippen LogP contribution is 2.39. The summed E-state index contributed by atoms with van der Waals surface area (Å²) in [6.07, 6.45) is -3.77. The van der Waals surface area contributed by atoms with Gasteiger partial charge in [-0.1, -0.05) is 0 Å². The van der Waals surface area contributed by atoms with E-state index in [-0.39, 0.29) is 23.8 Å². The molecule has 0 aromatic heterocycles. The van der Waals surface area contributed by atoms with E-state index < -0.39 is 22.9 Å². The highest BCUT2D eigenvalue weighted by atomic mass is 32.2. The van der Waals surface area contributed by atoms with Gasteiger partial charge in [-0.05, 0) is 43.3 Å². The summed E-state index contributed by atoms with van der Waals surface area (Å²) in [5.74, 6) is 0.313. The summed E-state index contributed by atoms with van der Waals surface area (Å²) in [4.78, 5) is 27.1. The normalized spacial score (nSPS) is 16.8. The number of carbonyl (C=O) groups is 2. The van der Waals surface area contributed by atoms with Crippen LogP contribution < -0.4 is 19.7 Å². The molecular weight excluding hydrogens is 433 g/mol. The van der Waals surface area contributed by atoms with E-state index in [0.717, 1.165) is 23.4 Å². The van der Waals surface area contributed by atoms with Crippen LogP contribution in [0.5, 0.6) is 11.5 Å². The molecule has 1 atom stereocenters. The van der Waals surface area contributed by atoms with Crippen LogP contribution in [-0.4, -0.2) is 36.8 Å². The second-order valence-electron chi connectivity index (χ2n) is 7.12. The van der Waals surface area contributed by atoms with Gasteiger partial charge in [0, 0.05) is 11.3 Å². The number of hydrogen-bond acceptors (Lipinski definition) is 5. The highest BCUT2D eigenvalue weighted by molar-refractivity contribution is 8.00. The maximum atomic E-state index is 13.1. The number of halogens is 3. The number of anilines is 2. The number of fused-ring (bicyclic) bond motifs is 2. The highest BCUT2D eigenvalue weighted by Gasteiger charge is 2.35. The monoisotopic (exact) mass is 452 g/mol. The van der Waals surface area contributed by atoms with Crippen LogP contribution in [0.1, 0.15) is 18.9 Å². The third-order valence-corrected chi connectivity index (χ3v) is 5.92. The summed E-state index contributed by atoms with van der Waals surface area (Å²) >= 11 is 1.27. The summed E-state index contributed by atoms with van der Waals surface area (Å²) in [6.45, 7) is 2.53. The van der Waals surface area contributed by atoms with Crippen molar-refractivity contribution < 1.29 is 32.2 Å². The number of carbonyl (C=O) groups excluding carboxylic acids is 2. The first-order valence-electron chi connectivity index (χ1n) is 9.61. The Kier molecular flexibility index (Phi) is 5.74. The molecule has 2 aromatic carbocycles. The summed E-state index contributed by atoms with van der Waals surface area (Å²) in [6, 6.07) is 8.34. The van der Waals surface area contributed by atoms with Crippen LogP contribution in [0.15, 0.2) is 41.3 Å². The molecule has 0 saturated carbocycles. The first kappa shape index (κ1) is 21.4. The molecule has 0 unspecified atom stereocenters. The zero-order valence-electron chi connectivity index (χ0n) is 16.5. The standard InChI is InChI=1S/C21H19F3N2O4S/c1-12(31-14-4-6-17-18(10-14)30-8-2-7-29-17)20(28)26-11-19(27)25-15-9-13(21(22,23)24)3-5-16(15)26/h3-6,9-10,12H,2,7-8,11H2,1H3,(H,25,27)/t12-/m1/s1. The fourth-order valence-electron chi connectivity index (χ4n) is 3.35. The van der Waals surface area contributed by atoms with Crippen molar-refractivity contribution in [2.75, 3.05) is 30.0 Å². The van der Waals surface area contributed by atoms with E-state index >= 15 is 0 Å². The van der Waals surface area contributed by atoms with E-state index in [2.05, 4.69) is 5.32 Å². The quantitative estimate of drug-likeness (QED) is 0.702. The molecule has 4 rings (SSSR count). The van der Waals surface area contributed by atoms with E-state index in [1.165, 1.54) is 22.7 Å². The van der Waals surface area contributed by atoms with E-state index in [9.17, 15) is 22.8 Å². The third-order valence-electron chi connectivity index (χ3n) is 4.84. The average molecular weight is 452 g/mol. The van der Waals surface area contributed by atoms with Crippen molar-refractivity contribution in [3.05, 3.63) is 42.0 Å². The first-order chi connectivity index (χ1) is 14.7. The van der Waals surface area contributed by atoms with Crippen LogP contribution in [0.4, 0.5) is 24.5 Å². The van der Waals surface area contributed by atoms with Crippen molar-refractivity contribution in [1.29, 1.82) is 0 Å². The number of benzene rings is 2. The van der Waals surface area contributed by atoms with Gasteiger partial charge in [0.1, 0.15) is 6.54 Å². The fourth-order valence-corrected chi connectivity index (χ4v) is 4.31. The number of amides is 2. The number of ether oxygens (including phenoxy) is 2. The van der Waals surface area contributed by atoms with Gasteiger partial charge in [0.25, 0.3) is 0 Å². The number of alkyl halides is 3. The molecule has 10 heteroatoms. The molecule has 0 radical (unpaired) electrons. The Morgan fingerprint density at radius 2 is 1.87 bits per heavy atom. The molecule has 6 nitrogen and oxygen atoms in total. The van der Waals surface area contributed by atoms with Crippen LogP contribution in [-0.2, 0) is 15.8 Å². The Hall–Kier alpha value is -2.88. The fraction of sp³-hybridized carbons (Fsp3) is 0.333. The molecule has 0 aliphatic carbocycles. The predicted molar refractivity (Wildman–Crippen MR) is 110 cm³/mol. The van der Waals surface area contributed by atoms with Gasteiger partial charge in [-0.25, -0.2) is 0 Å². The average Bonchev–Trinajstić information content (AvgIpc) is 2.96. The minimum Gasteiger partial charge on any atom is -0.490 e. The van der Waals surface area contributed by atoms with Crippen LogP contribution in [0.3, 0.4) is 0 Å². The molecule has 2 aliphatic rings. The largest absolute Gasteiger partial charge is 0.490 e. The number of rotatable bonds is 3. The van der Waals surface area contributed by atoms with Gasteiger partial charge >= 0.3 is 6.18 Å². The van der Waals surface area contributed by atoms with Crippen molar-refractivity contribution in [3.8, 4) is 11.5 Å². The minimum atomic E-state index is -4.55. The van der Waals surface area contributed by atoms with Crippen molar-refractivity contribution in [2.45, 2.75) is 29.7 Å². The molecule has 0 bridgehead atoms. The molecule has 0 fully saturated rings. The third kappa shape index (κ3) is 4.58. The van der Waals surface area contributed by atoms with Crippen molar-refractivity contribution in [3.63, 3.8) is 0 Å². The lowest BCUT2D eigenvalue weighted by Gasteiger charge is -2.31. The summed E-state index contributed by atoms with van der Waals surface area (Å²) in [7, 11) is 0. The Bertz CT molecular complexity index is 1030. The summed E-state index contributed by atoms with van der Waals surface area (Å²) in [5, 5.41) is 1.82. The SMILES string of the molecule is C[C@@H](Sc1ccc2c(c1)OCCCO2)C(=O)N1CC(=O)Nc2cc(C(F)(F)F)ccc21. The van der Waals surface area contributed by atoms with Crippen molar-refractivity contribution >= 4 is 35.0 Å².